The van der Waals surface area contributed by atoms with Crippen molar-refractivity contribution in [3.05, 3.63) is 27.9 Å². The minimum atomic E-state index is -0.462. The predicted octanol–water partition coefficient (Wildman–Crippen LogP) is 0.262. The lowest BCUT2D eigenvalue weighted by Gasteiger charge is -1.96. The van der Waals surface area contributed by atoms with Crippen LogP contribution in [0.5, 0.6) is 5.88 Å². The van der Waals surface area contributed by atoms with Gasteiger partial charge in [0.2, 0.25) is 12.4 Å². The Labute approximate surface area is 68.3 Å². The van der Waals surface area contributed by atoms with Crippen molar-refractivity contribution in [1.29, 1.82) is 0 Å². The monoisotopic (exact) mass is 169 g/mol. The second kappa shape index (κ2) is 3.61. The van der Waals surface area contributed by atoms with Crippen molar-refractivity contribution >= 4 is 0 Å². The van der Waals surface area contributed by atoms with Gasteiger partial charge >= 0.3 is 0 Å². The van der Waals surface area contributed by atoms with Gasteiger partial charge in [-0.3, -0.25) is 10.1 Å². The third kappa shape index (κ3) is 2.15. The molecule has 0 amide bonds. The molecule has 0 aromatic carbocycles. The normalized spacial score (nSPS) is 9.42. The molecule has 1 aromatic rings. The number of nitro groups is 1. The van der Waals surface area contributed by atoms with E-state index in [1.807, 2.05) is 0 Å². The number of rotatable bonds is 3. The van der Waals surface area contributed by atoms with Crippen molar-refractivity contribution < 1.29 is 9.66 Å². The van der Waals surface area contributed by atoms with Crippen LogP contribution in [0.15, 0.2) is 12.1 Å². The molecule has 1 aromatic heterocycles. The van der Waals surface area contributed by atoms with E-state index < -0.39 is 4.92 Å². The van der Waals surface area contributed by atoms with E-state index in [4.69, 9.17) is 4.74 Å². The van der Waals surface area contributed by atoms with Crippen LogP contribution < -0.4 is 4.74 Å². The van der Waals surface area contributed by atoms with Crippen LogP contribution in [0.1, 0.15) is 5.69 Å². The van der Waals surface area contributed by atoms with Crippen molar-refractivity contribution in [3.8, 4) is 5.88 Å². The summed E-state index contributed by atoms with van der Waals surface area (Å²) in [6.45, 7) is -0.309. The molecule has 0 saturated carbocycles. The molecule has 0 N–H and O–H groups in total. The van der Waals surface area contributed by atoms with Crippen LogP contribution in [-0.2, 0) is 6.54 Å². The first-order valence-electron chi connectivity index (χ1n) is 3.21. The molecule has 1 rings (SSSR count). The van der Waals surface area contributed by atoms with Gasteiger partial charge in [-0.05, 0) is 6.07 Å². The van der Waals surface area contributed by atoms with Gasteiger partial charge in [0.05, 0.1) is 7.11 Å². The first kappa shape index (κ1) is 8.38. The molecule has 0 aliphatic rings. The highest BCUT2D eigenvalue weighted by Gasteiger charge is 2.03. The third-order valence-electron chi connectivity index (χ3n) is 1.20. The fraction of sp³-hybridized carbons (Fsp3) is 0.333. The van der Waals surface area contributed by atoms with Crippen molar-refractivity contribution in [2.75, 3.05) is 7.11 Å². The summed E-state index contributed by atoms with van der Waals surface area (Å²) in [6, 6.07) is 3.04. The van der Waals surface area contributed by atoms with Crippen LogP contribution in [0.4, 0.5) is 0 Å². The molecule has 0 bridgehead atoms. The third-order valence-corrected chi connectivity index (χ3v) is 1.20. The Morgan fingerprint density at radius 3 is 2.75 bits per heavy atom. The van der Waals surface area contributed by atoms with E-state index in [9.17, 15) is 10.1 Å². The quantitative estimate of drug-likeness (QED) is 0.479. The second-order valence-corrected chi connectivity index (χ2v) is 2.06. The zero-order chi connectivity index (χ0) is 8.97. The summed E-state index contributed by atoms with van der Waals surface area (Å²) in [5, 5.41) is 17.2. The molecule has 0 aliphatic carbocycles. The number of nitrogens with zero attached hydrogens (tertiary/aromatic N) is 3. The van der Waals surface area contributed by atoms with Crippen molar-refractivity contribution in [1.82, 2.24) is 10.2 Å². The van der Waals surface area contributed by atoms with Gasteiger partial charge in [-0.15, -0.1) is 10.2 Å². The number of hydrogen-bond donors (Lipinski definition) is 0. The molecule has 0 unspecified atom stereocenters. The van der Waals surface area contributed by atoms with Gasteiger partial charge < -0.3 is 4.74 Å². The Balaban J connectivity index is 2.71. The average Bonchev–Trinajstić information content (AvgIpc) is 2.05. The van der Waals surface area contributed by atoms with E-state index in [1.54, 1.807) is 0 Å². The van der Waals surface area contributed by atoms with E-state index in [2.05, 4.69) is 10.2 Å². The maximum Gasteiger partial charge on any atom is 0.247 e. The molecule has 12 heavy (non-hydrogen) atoms. The summed E-state index contributed by atoms with van der Waals surface area (Å²) in [4.78, 5) is 9.57. The summed E-state index contributed by atoms with van der Waals surface area (Å²) in [7, 11) is 1.46. The fourth-order valence-electron chi connectivity index (χ4n) is 0.673. The lowest BCUT2D eigenvalue weighted by Crippen LogP contribution is -2.02. The lowest BCUT2D eigenvalue weighted by atomic mass is 10.4. The Hall–Kier alpha value is -1.72. The van der Waals surface area contributed by atoms with Crippen LogP contribution >= 0.6 is 0 Å². The zero-order valence-electron chi connectivity index (χ0n) is 6.43. The van der Waals surface area contributed by atoms with Gasteiger partial charge in [0, 0.05) is 11.0 Å². The van der Waals surface area contributed by atoms with Crippen molar-refractivity contribution in [2.45, 2.75) is 6.54 Å². The van der Waals surface area contributed by atoms with Gasteiger partial charge in [-0.1, -0.05) is 0 Å². The molecule has 0 saturated heterocycles. The number of aromatic nitrogens is 2. The summed E-state index contributed by atoms with van der Waals surface area (Å²) < 4.78 is 4.73. The molecule has 0 atom stereocenters. The lowest BCUT2D eigenvalue weighted by molar-refractivity contribution is -0.497. The van der Waals surface area contributed by atoms with E-state index in [1.165, 1.54) is 19.2 Å². The van der Waals surface area contributed by atoms with Gasteiger partial charge in [-0.25, -0.2) is 0 Å². The van der Waals surface area contributed by atoms with Gasteiger partial charge in [0.25, 0.3) is 0 Å². The summed E-state index contributed by atoms with van der Waals surface area (Å²) in [5.41, 5.74) is 0.320. The summed E-state index contributed by atoms with van der Waals surface area (Å²) in [5.74, 6) is 0.349. The number of ether oxygens (including phenoxy) is 1. The highest BCUT2D eigenvalue weighted by Crippen LogP contribution is 2.03. The van der Waals surface area contributed by atoms with Crippen molar-refractivity contribution in [2.24, 2.45) is 0 Å². The van der Waals surface area contributed by atoms with Gasteiger partial charge in [0.15, 0.2) is 0 Å². The smallest absolute Gasteiger partial charge is 0.247 e. The van der Waals surface area contributed by atoms with Crippen LogP contribution in [0, 0.1) is 10.1 Å². The fourth-order valence-corrected chi connectivity index (χ4v) is 0.673. The number of methoxy groups -OCH3 is 1. The maximum absolute atomic E-state index is 10.0. The molecular formula is C6H7N3O3. The first-order chi connectivity index (χ1) is 5.72. The Morgan fingerprint density at radius 1 is 1.58 bits per heavy atom. The van der Waals surface area contributed by atoms with E-state index in [-0.39, 0.29) is 6.54 Å². The van der Waals surface area contributed by atoms with Gasteiger partial charge in [-0.2, -0.15) is 0 Å². The molecule has 0 fully saturated rings. The Bertz CT molecular complexity index is 272. The molecular weight excluding hydrogens is 162 g/mol. The van der Waals surface area contributed by atoms with Crippen LogP contribution in [0.3, 0.4) is 0 Å². The molecule has 0 radical (unpaired) electrons. The second-order valence-electron chi connectivity index (χ2n) is 2.06. The Kier molecular flexibility index (Phi) is 2.52. The standard InChI is InChI=1S/C6H7N3O3/c1-12-6-3-2-5(7-8-6)4-9(10)11/h2-3H,4H2,1H3. The number of hydrogen-bond acceptors (Lipinski definition) is 5. The SMILES string of the molecule is COc1ccc(C[N+](=O)[O-])nn1. The molecule has 64 valence electrons. The average molecular weight is 169 g/mol. The molecule has 6 nitrogen and oxygen atoms in total. The zero-order valence-corrected chi connectivity index (χ0v) is 6.43. The molecule has 6 heteroatoms. The molecule has 0 aliphatic heterocycles. The van der Waals surface area contributed by atoms with E-state index in [0.29, 0.717) is 11.6 Å². The molecule has 0 spiro atoms. The predicted molar refractivity (Wildman–Crippen MR) is 39.3 cm³/mol. The minimum Gasteiger partial charge on any atom is -0.480 e. The highest BCUT2D eigenvalue weighted by molar-refractivity contribution is 5.10. The summed E-state index contributed by atoms with van der Waals surface area (Å²) in [6.07, 6.45) is 0. The minimum absolute atomic E-state index is 0.309. The van der Waals surface area contributed by atoms with Crippen molar-refractivity contribution in [3.63, 3.8) is 0 Å². The molecule has 1 heterocycles. The highest BCUT2D eigenvalue weighted by atomic mass is 16.6. The van der Waals surface area contributed by atoms with Gasteiger partial charge in [0.1, 0.15) is 5.69 Å². The van der Waals surface area contributed by atoms with Crippen LogP contribution in [0.2, 0.25) is 0 Å². The maximum atomic E-state index is 10.0. The van der Waals surface area contributed by atoms with E-state index >= 15 is 0 Å². The summed E-state index contributed by atoms with van der Waals surface area (Å²) >= 11 is 0. The van der Waals surface area contributed by atoms with Crippen LogP contribution in [-0.4, -0.2) is 22.2 Å². The Morgan fingerprint density at radius 2 is 2.33 bits per heavy atom. The van der Waals surface area contributed by atoms with E-state index in [0.717, 1.165) is 0 Å². The topological polar surface area (TPSA) is 78.2 Å². The largest absolute Gasteiger partial charge is 0.480 e. The van der Waals surface area contributed by atoms with Crippen LogP contribution in [0.25, 0.3) is 0 Å². The first-order valence-corrected chi connectivity index (χ1v) is 3.21.